The van der Waals surface area contributed by atoms with Gasteiger partial charge in [-0.2, -0.15) is 0 Å². The van der Waals surface area contributed by atoms with Crippen molar-refractivity contribution >= 4 is 11.7 Å². The van der Waals surface area contributed by atoms with Crippen LogP contribution in [0.3, 0.4) is 0 Å². The second-order valence-electron chi connectivity index (χ2n) is 5.85. The van der Waals surface area contributed by atoms with Gasteiger partial charge in [0.05, 0.1) is 13.2 Å². The molecule has 2 aliphatic rings. The van der Waals surface area contributed by atoms with Crippen LogP contribution in [0.15, 0.2) is 0 Å². The highest BCUT2D eigenvalue weighted by Gasteiger charge is 2.33. The molecule has 5 heteroatoms. The minimum Gasteiger partial charge on any atom is -0.379 e. The number of carbonyl (C=O) groups excluding carboxylic acids is 2. The first kappa shape index (κ1) is 15.4. The van der Waals surface area contributed by atoms with E-state index in [1.807, 2.05) is 0 Å². The molecule has 114 valence electrons. The van der Waals surface area contributed by atoms with Crippen molar-refractivity contribution in [3.8, 4) is 0 Å². The fourth-order valence-electron chi connectivity index (χ4n) is 3.22. The van der Waals surface area contributed by atoms with Crippen LogP contribution >= 0.6 is 0 Å². The van der Waals surface area contributed by atoms with Gasteiger partial charge in [-0.05, 0) is 19.8 Å². The van der Waals surface area contributed by atoms with Gasteiger partial charge < -0.3 is 10.1 Å². The molecule has 0 radical (unpaired) electrons. The highest BCUT2D eigenvalue weighted by atomic mass is 16.5. The van der Waals surface area contributed by atoms with Crippen molar-refractivity contribution in [2.45, 2.75) is 32.6 Å². The molecular weight excluding hydrogens is 256 g/mol. The van der Waals surface area contributed by atoms with Crippen LogP contribution in [-0.2, 0) is 14.3 Å². The predicted molar refractivity (Wildman–Crippen MR) is 76.4 cm³/mol. The monoisotopic (exact) mass is 282 g/mol. The summed E-state index contributed by atoms with van der Waals surface area (Å²) in [6.07, 6.45) is 3.86. The second-order valence-corrected chi connectivity index (χ2v) is 5.85. The number of hydrogen-bond donors (Lipinski definition) is 1. The molecule has 0 aromatic carbocycles. The quantitative estimate of drug-likeness (QED) is 0.811. The highest BCUT2D eigenvalue weighted by Crippen LogP contribution is 2.30. The van der Waals surface area contributed by atoms with Crippen LogP contribution in [0, 0.1) is 11.8 Å². The molecule has 2 fully saturated rings. The lowest BCUT2D eigenvalue weighted by Gasteiger charge is -2.30. The van der Waals surface area contributed by atoms with Crippen LogP contribution in [0.25, 0.3) is 0 Å². The van der Waals surface area contributed by atoms with Gasteiger partial charge in [-0.1, -0.05) is 12.8 Å². The third-order valence-electron chi connectivity index (χ3n) is 4.46. The Morgan fingerprint density at radius 1 is 1.15 bits per heavy atom. The van der Waals surface area contributed by atoms with Gasteiger partial charge in [-0.25, -0.2) is 0 Å². The number of nitrogens with one attached hydrogen (secondary N) is 1. The van der Waals surface area contributed by atoms with Crippen molar-refractivity contribution in [2.24, 2.45) is 11.8 Å². The average Bonchev–Trinajstić information content (AvgIpc) is 2.48. The van der Waals surface area contributed by atoms with Crippen LogP contribution in [0.5, 0.6) is 0 Å². The number of nitrogens with zero attached hydrogens (tertiary/aromatic N) is 1. The number of morpholine rings is 1. The topological polar surface area (TPSA) is 58.6 Å². The van der Waals surface area contributed by atoms with Crippen LogP contribution in [0.4, 0.5) is 0 Å². The van der Waals surface area contributed by atoms with E-state index >= 15 is 0 Å². The maximum Gasteiger partial charge on any atom is 0.223 e. The predicted octanol–water partition coefficient (Wildman–Crippen LogP) is 0.830. The summed E-state index contributed by atoms with van der Waals surface area (Å²) in [6.45, 7) is 6.59. The number of Topliss-reactive ketones (excluding diaryl/α,β-unsaturated/α-hetero) is 1. The van der Waals surface area contributed by atoms with E-state index in [4.69, 9.17) is 4.74 Å². The Kier molecular flexibility index (Phi) is 5.98. The van der Waals surface area contributed by atoms with Gasteiger partial charge in [0, 0.05) is 38.0 Å². The molecule has 1 heterocycles. The smallest absolute Gasteiger partial charge is 0.223 e. The third-order valence-corrected chi connectivity index (χ3v) is 4.46. The van der Waals surface area contributed by atoms with Gasteiger partial charge in [-0.3, -0.25) is 14.5 Å². The molecule has 1 saturated heterocycles. The summed E-state index contributed by atoms with van der Waals surface area (Å²) in [5.74, 6) is 0.0641. The van der Waals surface area contributed by atoms with Gasteiger partial charge in [0.1, 0.15) is 5.78 Å². The minimum atomic E-state index is -0.106. The molecule has 2 rings (SSSR count). The summed E-state index contributed by atoms with van der Waals surface area (Å²) in [7, 11) is 0. The van der Waals surface area contributed by atoms with E-state index in [0.29, 0.717) is 6.54 Å². The van der Waals surface area contributed by atoms with E-state index in [0.717, 1.165) is 58.5 Å². The zero-order chi connectivity index (χ0) is 14.4. The normalized spacial score (nSPS) is 28.1. The lowest BCUT2D eigenvalue weighted by molar-refractivity contribution is -0.134. The van der Waals surface area contributed by atoms with Crippen molar-refractivity contribution in [3.05, 3.63) is 0 Å². The maximum absolute atomic E-state index is 12.2. The van der Waals surface area contributed by atoms with E-state index < -0.39 is 0 Å². The lowest BCUT2D eigenvalue weighted by Crippen LogP contribution is -2.44. The number of rotatable bonds is 5. The Hall–Kier alpha value is -0.940. The van der Waals surface area contributed by atoms with Gasteiger partial charge in [-0.15, -0.1) is 0 Å². The summed E-state index contributed by atoms with van der Waals surface area (Å²) in [5.41, 5.74) is 0. The Morgan fingerprint density at radius 2 is 1.80 bits per heavy atom. The average molecular weight is 282 g/mol. The number of ether oxygens (including phenoxy) is 1. The highest BCUT2D eigenvalue weighted by molar-refractivity contribution is 5.87. The lowest BCUT2D eigenvalue weighted by atomic mass is 9.77. The third kappa shape index (κ3) is 4.28. The van der Waals surface area contributed by atoms with Gasteiger partial charge in [0.15, 0.2) is 0 Å². The molecule has 0 aromatic rings. The maximum atomic E-state index is 12.2. The molecule has 1 aliphatic heterocycles. The SMILES string of the molecule is CC(=O)C1CCCCC1C(=O)NCCN1CCOCC1. The van der Waals surface area contributed by atoms with E-state index in [-0.39, 0.29) is 23.5 Å². The van der Waals surface area contributed by atoms with Crippen LogP contribution in [0.2, 0.25) is 0 Å². The van der Waals surface area contributed by atoms with Crippen LogP contribution in [-0.4, -0.2) is 56.0 Å². The summed E-state index contributed by atoms with van der Waals surface area (Å²) < 4.78 is 5.30. The molecule has 0 spiro atoms. The zero-order valence-electron chi connectivity index (χ0n) is 12.4. The molecule has 1 saturated carbocycles. The van der Waals surface area contributed by atoms with E-state index in [1.54, 1.807) is 6.92 Å². The van der Waals surface area contributed by atoms with Gasteiger partial charge in [0.2, 0.25) is 5.91 Å². The molecule has 2 atom stereocenters. The van der Waals surface area contributed by atoms with Crippen LogP contribution < -0.4 is 5.32 Å². The van der Waals surface area contributed by atoms with Crippen molar-refractivity contribution in [1.29, 1.82) is 0 Å². The summed E-state index contributed by atoms with van der Waals surface area (Å²) >= 11 is 0. The fourth-order valence-corrected chi connectivity index (χ4v) is 3.22. The van der Waals surface area contributed by atoms with E-state index in [2.05, 4.69) is 10.2 Å². The molecule has 1 amide bonds. The summed E-state index contributed by atoms with van der Waals surface area (Å²) in [5, 5.41) is 3.01. The van der Waals surface area contributed by atoms with Crippen molar-refractivity contribution < 1.29 is 14.3 Å². The van der Waals surface area contributed by atoms with Crippen molar-refractivity contribution in [1.82, 2.24) is 10.2 Å². The second kappa shape index (κ2) is 7.74. The van der Waals surface area contributed by atoms with Crippen molar-refractivity contribution in [2.75, 3.05) is 39.4 Å². The summed E-state index contributed by atoms with van der Waals surface area (Å²) in [6, 6.07) is 0. The molecule has 20 heavy (non-hydrogen) atoms. The molecular formula is C15H26N2O3. The number of carbonyl (C=O) groups is 2. The standard InChI is InChI=1S/C15H26N2O3/c1-12(18)13-4-2-3-5-14(13)15(19)16-6-7-17-8-10-20-11-9-17/h13-14H,2-11H2,1H3,(H,16,19). The number of hydrogen-bond acceptors (Lipinski definition) is 4. The fraction of sp³-hybridized carbons (Fsp3) is 0.867. The Bertz CT molecular complexity index is 340. The molecule has 1 N–H and O–H groups in total. The van der Waals surface area contributed by atoms with E-state index in [9.17, 15) is 9.59 Å². The van der Waals surface area contributed by atoms with Gasteiger partial charge in [0.25, 0.3) is 0 Å². The van der Waals surface area contributed by atoms with E-state index in [1.165, 1.54) is 0 Å². The van der Waals surface area contributed by atoms with Crippen LogP contribution in [0.1, 0.15) is 32.6 Å². The first-order valence-electron chi connectivity index (χ1n) is 7.77. The molecule has 1 aliphatic carbocycles. The number of amides is 1. The molecule has 0 bridgehead atoms. The zero-order valence-corrected chi connectivity index (χ0v) is 12.4. The Morgan fingerprint density at radius 3 is 2.45 bits per heavy atom. The molecule has 5 nitrogen and oxygen atoms in total. The van der Waals surface area contributed by atoms with Gasteiger partial charge >= 0.3 is 0 Å². The largest absolute Gasteiger partial charge is 0.379 e. The minimum absolute atomic E-state index is 0.0628. The number of ketones is 1. The Labute approximate surface area is 121 Å². The molecule has 0 aromatic heterocycles. The van der Waals surface area contributed by atoms with Crippen molar-refractivity contribution in [3.63, 3.8) is 0 Å². The first-order valence-corrected chi connectivity index (χ1v) is 7.77. The first-order chi connectivity index (χ1) is 9.68. The Balaban J connectivity index is 1.73. The molecule has 2 unspecified atom stereocenters. The summed E-state index contributed by atoms with van der Waals surface area (Å²) in [4.78, 5) is 26.2.